The van der Waals surface area contributed by atoms with Crippen LogP contribution in [-0.2, 0) is 0 Å². The SMILES string of the molecule is O=[N+]([O-])c1cccc2ccc(/C=C/c3ccc4c(c3)OCO4)nc12. The van der Waals surface area contributed by atoms with Gasteiger partial charge in [-0.05, 0) is 29.8 Å². The Morgan fingerprint density at radius 2 is 1.92 bits per heavy atom. The van der Waals surface area contributed by atoms with Crippen LogP contribution in [-0.4, -0.2) is 16.7 Å². The lowest BCUT2D eigenvalue weighted by atomic mass is 10.1. The van der Waals surface area contributed by atoms with Crippen molar-refractivity contribution in [1.82, 2.24) is 4.98 Å². The molecule has 3 aromatic rings. The number of benzene rings is 2. The van der Waals surface area contributed by atoms with Crippen LogP contribution in [0.25, 0.3) is 23.1 Å². The lowest BCUT2D eigenvalue weighted by Gasteiger charge is -2.01. The minimum absolute atomic E-state index is 0.00540. The van der Waals surface area contributed by atoms with Crippen LogP contribution in [0.1, 0.15) is 11.3 Å². The summed E-state index contributed by atoms with van der Waals surface area (Å²) >= 11 is 0. The highest BCUT2D eigenvalue weighted by molar-refractivity contribution is 5.88. The van der Waals surface area contributed by atoms with E-state index in [9.17, 15) is 10.1 Å². The Morgan fingerprint density at radius 1 is 1.04 bits per heavy atom. The van der Waals surface area contributed by atoms with E-state index in [0.717, 1.165) is 16.7 Å². The highest BCUT2D eigenvalue weighted by atomic mass is 16.7. The highest BCUT2D eigenvalue weighted by Gasteiger charge is 2.13. The van der Waals surface area contributed by atoms with Crippen molar-refractivity contribution in [2.45, 2.75) is 0 Å². The lowest BCUT2D eigenvalue weighted by Crippen LogP contribution is -1.92. The average Bonchev–Trinajstić information content (AvgIpc) is 3.06. The molecule has 0 saturated heterocycles. The number of non-ortho nitro benzene ring substituents is 1. The fourth-order valence-electron chi connectivity index (χ4n) is 2.59. The topological polar surface area (TPSA) is 74.5 Å². The number of fused-ring (bicyclic) bond motifs is 2. The maximum Gasteiger partial charge on any atom is 0.295 e. The molecule has 1 aliphatic rings. The third-order valence-corrected chi connectivity index (χ3v) is 3.76. The van der Waals surface area contributed by atoms with Crippen LogP contribution in [0, 0.1) is 10.1 Å². The first kappa shape index (κ1) is 14.2. The maximum absolute atomic E-state index is 11.1. The van der Waals surface area contributed by atoms with Crippen molar-refractivity contribution >= 4 is 28.7 Å². The number of ether oxygens (including phenoxy) is 2. The van der Waals surface area contributed by atoms with E-state index in [-0.39, 0.29) is 12.5 Å². The molecule has 0 N–H and O–H groups in total. The molecule has 0 spiro atoms. The van der Waals surface area contributed by atoms with E-state index in [2.05, 4.69) is 4.98 Å². The fraction of sp³-hybridized carbons (Fsp3) is 0.0556. The highest BCUT2D eigenvalue weighted by Crippen LogP contribution is 2.33. The van der Waals surface area contributed by atoms with Gasteiger partial charge in [0, 0.05) is 11.5 Å². The Bertz CT molecular complexity index is 982. The van der Waals surface area contributed by atoms with Crippen molar-refractivity contribution in [2.75, 3.05) is 6.79 Å². The predicted octanol–water partition coefficient (Wildman–Crippen LogP) is 4.04. The fourth-order valence-corrected chi connectivity index (χ4v) is 2.59. The molecule has 0 atom stereocenters. The minimum Gasteiger partial charge on any atom is -0.454 e. The van der Waals surface area contributed by atoms with Crippen LogP contribution in [0.4, 0.5) is 5.69 Å². The van der Waals surface area contributed by atoms with Gasteiger partial charge in [0.1, 0.15) is 5.52 Å². The molecule has 0 radical (unpaired) electrons. The zero-order chi connectivity index (χ0) is 16.5. The van der Waals surface area contributed by atoms with Gasteiger partial charge in [-0.1, -0.05) is 30.3 Å². The van der Waals surface area contributed by atoms with Gasteiger partial charge >= 0.3 is 0 Å². The van der Waals surface area contributed by atoms with Gasteiger partial charge in [-0.25, -0.2) is 4.98 Å². The lowest BCUT2D eigenvalue weighted by molar-refractivity contribution is -0.383. The smallest absolute Gasteiger partial charge is 0.295 e. The van der Waals surface area contributed by atoms with E-state index < -0.39 is 4.92 Å². The molecule has 2 aromatic carbocycles. The molecule has 118 valence electrons. The molecule has 0 aliphatic carbocycles. The predicted molar refractivity (Wildman–Crippen MR) is 89.9 cm³/mol. The van der Waals surface area contributed by atoms with E-state index in [0.29, 0.717) is 17.0 Å². The number of nitrogens with zero attached hydrogens (tertiary/aromatic N) is 2. The summed E-state index contributed by atoms with van der Waals surface area (Å²) < 4.78 is 10.6. The summed E-state index contributed by atoms with van der Waals surface area (Å²) in [6, 6.07) is 14.2. The molecule has 2 heterocycles. The summed E-state index contributed by atoms with van der Waals surface area (Å²) in [5.74, 6) is 1.44. The number of aromatic nitrogens is 1. The molecule has 24 heavy (non-hydrogen) atoms. The number of pyridine rings is 1. The standard InChI is InChI=1S/C18H12N2O4/c21-20(22)15-3-1-2-13-6-8-14(19-18(13)15)7-4-12-5-9-16-17(10-12)24-11-23-16/h1-10H,11H2/b7-4+. The molecule has 6 heteroatoms. The van der Waals surface area contributed by atoms with Crippen LogP contribution < -0.4 is 9.47 Å². The Kier molecular flexibility index (Phi) is 3.35. The van der Waals surface area contributed by atoms with Gasteiger partial charge in [0.2, 0.25) is 6.79 Å². The number of nitro groups is 1. The first-order valence-corrected chi connectivity index (χ1v) is 7.32. The molecule has 0 amide bonds. The second-order valence-electron chi connectivity index (χ2n) is 5.29. The molecular weight excluding hydrogens is 308 g/mol. The molecule has 0 fully saturated rings. The quantitative estimate of drug-likeness (QED) is 0.538. The number of hydrogen-bond donors (Lipinski definition) is 0. The Hall–Kier alpha value is -3.41. The van der Waals surface area contributed by atoms with Gasteiger partial charge < -0.3 is 9.47 Å². The zero-order valence-electron chi connectivity index (χ0n) is 12.5. The molecule has 4 rings (SSSR count). The Balaban J connectivity index is 1.69. The van der Waals surface area contributed by atoms with Crippen molar-refractivity contribution in [2.24, 2.45) is 0 Å². The Morgan fingerprint density at radius 3 is 2.79 bits per heavy atom. The van der Waals surface area contributed by atoms with E-state index in [4.69, 9.17) is 9.47 Å². The average molecular weight is 320 g/mol. The van der Waals surface area contributed by atoms with Crippen molar-refractivity contribution < 1.29 is 14.4 Å². The monoisotopic (exact) mass is 320 g/mol. The van der Waals surface area contributed by atoms with E-state index >= 15 is 0 Å². The molecular formula is C18H12N2O4. The van der Waals surface area contributed by atoms with E-state index in [1.54, 1.807) is 12.1 Å². The van der Waals surface area contributed by atoms with Crippen molar-refractivity contribution in [3.8, 4) is 11.5 Å². The first-order chi connectivity index (χ1) is 11.7. The largest absolute Gasteiger partial charge is 0.454 e. The number of hydrogen-bond acceptors (Lipinski definition) is 5. The molecule has 0 bridgehead atoms. The number of nitro benzene ring substituents is 1. The summed E-state index contributed by atoms with van der Waals surface area (Å²) in [5.41, 5.74) is 1.97. The second kappa shape index (κ2) is 5.66. The second-order valence-corrected chi connectivity index (χ2v) is 5.29. The third kappa shape index (κ3) is 2.54. The van der Waals surface area contributed by atoms with E-state index in [1.165, 1.54) is 6.07 Å². The maximum atomic E-state index is 11.1. The van der Waals surface area contributed by atoms with Gasteiger partial charge in [0.25, 0.3) is 5.69 Å². The summed E-state index contributed by atoms with van der Waals surface area (Å²) in [7, 11) is 0. The zero-order valence-corrected chi connectivity index (χ0v) is 12.5. The normalized spacial score (nSPS) is 12.8. The van der Waals surface area contributed by atoms with Crippen molar-refractivity contribution in [1.29, 1.82) is 0 Å². The van der Waals surface area contributed by atoms with Gasteiger partial charge in [-0.3, -0.25) is 10.1 Å². The van der Waals surface area contributed by atoms with Crippen LogP contribution in [0.3, 0.4) is 0 Å². The number of rotatable bonds is 3. The summed E-state index contributed by atoms with van der Waals surface area (Å²) in [6.07, 6.45) is 3.69. The van der Waals surface area contributed by atoms with Crippen LogP contribution >= 0.6 is 0 Å². The van der Waals surface area contributed by atoms with Gasteiger partial charge in [-0.2, -0.15) is 0 Å². The molecule has 1 aromatic heterocycles. The molecule has 6 nitrogen and oxygen atoms in total. The molecule has 1 aliphatic heterocycles. The minimum atomic E-state index is -0.416. The van der Waals surface area contributed by atoms with Crippen LogP contribution in [0.2, 0.25) is 0 Å². The van der Waals surface area contributed by atoms with Gasteiger partial charge in [0.05, 0.1) is 10.6 Å². The molecule has 0 saturated carbocycles. The van der Waals surface area contributed by atoms with Gasteiger partial charge in [-0.15, -0.1) is 0 Å². The van der Waals surface area contributed by atoms with E-state index in [1.807, 2.05) is 42.5 Å². The van der Waals surface area contributed by atoms with Crippen LogP contribution in [0.15, 0.2) is 48.5 Å². The van der Waals surface area contributed by atoms with Gasteiger partial charge in [0.15, 0.2) is 11.5 Å². The molecule has 0 unspecified atom stereocenters. The Labute approximate surface area is 137 Å². The first-order valence-electron chi connectivity index (χ1n) is 7.32. The third-order valence-electron chi connectivity index (χ3n) is 3.76. The van der Waals surface area contributed by atoms with Crippen molar-refractivity contribution in [3.05, 3.63) is 69.9 Å². The van der Waals surface area contributed by atoms with Crippen molar-refractivity contribution in [3.63, 3.8) is 0 Å². The summed E-state index contributed by atoms with van der Waals surface area (Å²) in [4.78, 5) is 15.1. The summed E-state index contributed by atoms with van der Waals surface area (Å²) in [6.45, 7) is 0.235. The van der Waals surface area contributed by atoms with Crippen LogP contribution in [0.5, 0.6) is 11.5 Å². The number of para-hydroxylation sites is 1. The summed E-state index contributed by atoms with van der Waals surface area (Å²) in [5, 5.41) is 11.9.